The average Bonchev–Trinajstić information content (AvgIpc) is 2.93. The van der Waals surface area contributed by atoms with Crippen LogP contribution in [0.4, 0.5) is 0 Å². The number of carbonyl (C=O) groups is 3. The van der Waals surface area contributed by atoms with Gasteiger partial charge in [-0.2, -0.15) is 0 Å². The van der Waals surface area contributed by atoms with Crippen molar-refractivity contribution in [3.8, 4) is 0 Å². The highest BCUT2D eigenvalue weighted by Gasteiger charge is 2.44. The van der Waals surface area contributed by atoms with E-state index in [1.165, 1.54) is 0 Å². The van der Waals surface area contributed by atoms with E-state index in [0.717, 1.165) is 11.1 Å². The van der Waals surface area contributed by atoms with Crippen LogP contribution in [0.25, 0.3) is 0 Å². The Hall–Kier alpha value is -2.99. The molecule has 26 heavy (non-hydrogen) atoms. The maximum Gasteiger partial charge on any atom is 0.256 e. The highest BCUT2D eigenvalue weighted by atomic mass is 16.2. The van der Waals surface area contributed by atoms with Crippen molar-refractivity contribution in [2.45, 2.75) is 31.6 Å². The molecule has 132 valence electrons. The van der Waals surface area contributed by atoms with Crippen LogP contribution in [-0.2, 0) is 16.1 Å². The van der Waals surface area contributed by atoms with E-state index in [4.69, 9.17) is 0 Å². The van der Waals surface area contributed by atoms with E-state index < -0.39 is 18.1 Å². The van der Waals surface area contributed by atoms with Crippen molar-refractivity contribution in [2.75, 3.05) is 0 Å². The molecule has 0 bridgehead atoms. The van der Waals surface area contributed by atoms with Crippen molar-refractivity contribution >= 4 is 17.7 Å². The third-order valence-corrected chi connectivity index (χ3v) is 4.89. The van der Waals surface area contributed by atoms with E-state index in [0.29, 0.717) is 18.5 Å². The molecule has 1 fully saturated rings. The monoisotopic (exact) mass is 349 g/mol. The number of amides is 3. The molecule has 0 saturated carbocycles. The predicted octanol–water partition coefficient (Wildman–Crippen LogP) is 1.74. The second-order valence-electron chi connectivity index (χ2n) is 6.54. The summed E-state index contributed by atoms with van der Waals surface area (Å²) in [6.07, 6.45) is 0.179. The summed E-state index contributed by atoms with van der Waals surface area (Å²) in [5, 5.41) is 5.75. The molecule has 0 aromatic heterocycles. The second kappa shape index (κ2) is 6.72. The normalized spacial score (nSPS) is 22.3. The zero-order valence-corrected chi connectivity index (χ0v) is 14.1. The third kappa shape index (κ3) is 2.88. The molecule has 2 N–H and O–H groups in total. The van der Waals surface area contributed by atoms with Crippen molar-refractivity contribution in [3.63, 3.8) is 0 Å². The molecule has 0 radical (unpaired) electrons. The van der Waals surface area contributed by atoms with Crippen molar-refractivity contribution in [2.24, 2.45) is 0 Å². The van der Waals surface area contributed by atoms with E-state index in [1.807, 2.05) is 48.5 Å². The Balaban J connectivity index is 1.64. The highest BCUT2D eigenvalue weighted by molar-refractivity contribution is 6.05. The van der Waals surface area contributed by atoms with Crippen LogP contribution in [-0.4, -0.2) is 28.7 Å². The molecule has 3 amide bonds. The second-order valence-corrected chi connectivity index (χ2v) is 6.54. The number of hydrogen-bond donors (Lipinski definition) is 2. The fourth-order valence-electron chi connectivity index (χ4n) is 3.62. The summed E-state index contributed by atoms with van der Waals surface area (Å²) >= 11 is 0. The van der Waals surface area contributed by atoms with Crippen molar-refractivity contribution in [3.05, 3.63) is 71.3 Å². The molecular formula is C20H19N3O3. The number of nitrogens with zero attached hydrogens (tertiary/aromatic N) is 1. The number of hydrogen-bond acceptors (Lipinski definition) is 4. The van der Waals surface area contributed by atoms with Crippen LogP contribution in [0, 0.1) is 0 Å². The number of piperidine rings is 1. The van der Waals surface area contributed by atoms with Crippen molar-refractivity contribution in [1.29, 1.82) is 0 Å². The van der Waals surface area contributed by atoms with Gasteiger partial charge in [0.25, 0.3) is 5.91 Å². The maximum atomic E-state index is 13.0. The van der Waals surface area contributed by atoms with E-state index in [9.17, 15) is 14.4 Å². The van der Waals surface area contributed by atoms with Gasteiger partial charge in [-0.25, -0.2) is 0 Å². The summed E-state index contributed by atoms with van der Waals surface area (Å²) in [4.78, 5) is 38.4. The van der Waals surface area contributed by atoms with Crippen LogP contribution >= 0.6 is 0 Å². The zero-order chi connectivity index (χ0) is 18.1. The van der Waals surface area contributed by atoms with Crippen molar-refractivity contribution < 1.29 is 14.4 Å². The summed E-state index contributed by atoms with van der Waals surface area (Å²) in [6, 6.07) is 16.6. The van der Waals surface area contributed by atoms with Gasteiger partial charge in [0.1, 0.15) is 12.2 Å². The number of imide groups is 1. The average molecular weight is 349 g/mol. The van der Waals surface area contributed by atoms with Gasteiger partial charge in [-0.15, -0.1) is 0 Å². The molecule has 6 nitrogen and oxygen atoms in total. The van der Waals surface area contributed by atoms with E-state index in [-0.39, 0.29) is 18.2 Å². The fourth-order valence-corrected chi connectivity index (χ4v) is 3.62. The summed E-state index contributed by atoms with van der Waals surface area (Å²) < 4.78 is 0. The van der Waals surface area contributed by atoms with Gasteiger partial charge >= 0.3 is 0 Å². The molecule has 1 saturated heterocycles. The quantitative estimate of drug-likeness (QED) is 0.824. The summed E-state index contributed by atoms with van der Waals surface area (Å²) in [5.74, 6) is -0.876. The molecule has 2 aliphatic rings. The van der Waals surface area contributed by atoms with E-state index in [2.05, 4.69) is 10.6 Å². The lowest BCUT2D eigenvalue weighted by molar-refractivity contribution is -0.137. The molecule has 2 aromatic rings. The Morgan fingerprint density at radius 1 is 1.00 bits per heavy atom. The SMILES string of the molecule is O=C1CCC(N2C(=O)c3ccccc3C2NCc2ccccc2)C(=O)N1. The standard InChI is InChI=1S/C20H19N3O3/c24-17-11-10-16(19(25)22-17)23-18(21-12-13-6-2-1-3-7-13)14-8-4-5-9-15(14)20(23)26/h1-9,16,18,21H,10-12H2,(H,22,24,25). The van der Waals surface area contributed by atoms with Gasteiger partial charge in [-0.05, 0) is 18.1 Å². The Kier molecular flexibility index (Phi) is 4.26. The number of benzene rings is 2. The Morgan fingerprint density at radius 3 is 2.50 bits per heavy atom. The number of nitrogens with one attached hydrogen (secondary N) is 2. The third-order valence-electron chi connectivity index (χ3n) is 4.89. The van der Waals surface area contributed by atoms with Crippen LogP contribution in [0.2, 0.25) is 0 Å². The lowest BCUT2D eigenvalue weighted by Crippen LogP contribution is -2.55. The van der Waals surface area contributed by atoms with E-state index >= 15 is 0 Å². The molecule has 2 aromatic carbocycles. The Bertz CT molecular complexity index is 866. The molecular weight excluding hydrogens is 330 g/mol. The van der Waals surface area contributed by atoms with Crippen molar-refractivity contribution in [1.82, 2.24) is 15.5 Å². The van der Waals surface area contributed by atoms with Crippen LogP contribution in [0.3, 0.4) is 0 Å². The van der Waals surface area contributed by atoms with Gasteiger partial charge < -0.3 is 4.90 Å². The molecule has 0 spiro atoms. The molecule has 2 atom stereocenters. The summed E-state index contributed by atoms with van der Waals surface area (Å²) in [7, 11) is 0. The minimum Gasteiger partial charge on any atom is -0.307 e. The van der Waals surface area contributed by atoms with Crippen LogP contribution in [0.5, 0.6) is 0 Å². The van der Waals surface area contributed by atoms with E-state index in [1.54, 1.807) is 11.0 Å². The molecule has 6 heteroatoms. The topological polar surface area (TPSA) is 78.5 Å². The first kappa shape index (κ1) is 16.5. The lowest BCUT2D eigenvalue weighted by atomic mass is 10.0. The fraction of sp³-hybridized carbons (Fsp3) is 0.250. The number of fused-ring (bicyclic) bond motifs is 1. The first-order chi connectivity index (χ1) is 12.6. The minimum atomic E-state index is -0.652. The zero-order valence-electron chi connectivity index (χ0n) is 14.1. The first-order valence-electron chi connectivity index (χ1n) is 8.68. The van der Waals surface area contributed by atoms with Gasteiger partial charge in [0, 0.05) is 24.1 Å². The summed E-state index contributed by atoms with van der Waals surface area (Å²) in [6.45, 7) is 0.566. The van der Waals surface area contributed by atoms with Crippen LogP contribution in [0.1, 0.15) is 40.5 Å². The highest BCUT2D eigenvalue weighted by Crippen LogP contribution is 2.35. The lowest BCUT2D eigenvalue weighted by Gasteiger charge is -2.34. The first-order valence-corrected chi connectivity index (χ1v) is 8.68. The molecule has 2 unspecified atom stereocenters. The number of rotatable bonds is 4. The number of carbonyl (C=O) groups excluding carboxylic acids is 3. The summed E-state index contributed by atoms with van der Waals surface area (Å²) in [5.41, 5.74) is 2.55. The smallest absolute Gasteiger partial charge is 0.256 e. The Labute approximate surface area is 151 Å². The van der Waals surface area contributed by atoms with Crippen LogP contribution < -0.4 is 10.6 Å². The largest absolute Gasteiger partial charge is 0.307 e. The molecule has 4 rings (SSSR count). The van der Waals surface area contributed by atoms with Gasteiger partial charge in [0.2, 0.25) is 11.8 Å². The van der Waals surface area contributed by atoms with Gasteiger partial charge in [0.15, 0.2) is 0 Å². The maximum absolute atomic E-state index is 13.0. The van der Waals surface area contributed by atoms with Gasteiger partial charge in [0.05, 0.1) is 0 Å². The molecule has 2 aliphatic heterocycles. The van der Waals surface area contributed by atoms with Crippen LogP contribution in [0.15, 0.2) is 54.6 Å². The van der Waals surface area contributed by atoms with Gasteiger partial charge in [-0.3, -0.25) is 25.0 Å². The van der Waals surface area contributed by atoms with Gasteiger partial charge in [-0.1, -0.05) is 48.5 Å². The Morgan fingerprint density at radius 2 is 1.73 bits per heavy atom. The molecule has 0 aliphatic carbocycles. The minimum absolute atomic E-state index is 0.180. The predicted molar refractivity (Wildman–Crippen MR) is 94.8 cm³/mol. The molecule has 2 heterocycles.